The maximum atomic E-state index is 11.9. The Bertz CT molecular complexity index is 899. The van der Waals surface area contributed by atoms with Gasteiger partial charge in [0.2, 0.25) is 5.91 Å². The van der Waals surface area contributed by atoms with Crippen LogP contribution in [0.4, 0.5) is 5.69 Å². The van der Waals surface area contributed by atoms with E-state index in [1.54, 1.807) is 53.2 Å². The first kappa shape index (κ1) is 23.2. The second kappa shape index (κ2) is 11.8. The lowest BCUT2D eigenvalue weighted by Gasteiger charge is -2.12. The molecule has 2 aromatic rings. The van der Waals surface area contributed by atoms with Gasteiger partial charge in [0.1, 0.15) is 23.0 Å². The molecule has 0 atom stereocenters. The third-order valence-corrected chi connectivity index (χ3v) is 5.00. The number of methoxy groups -OCH3 is 4. The van der Waals surface area contributed by atoms with E-state index in [-0.39, 0.29) is 5.91 Å². The number of hydrogen-bond acceptors (Lipinski definition) is 6. The summed E-state index contributed by atoms with van der Waals surface area (Å²) >= 11 is 1.61. The first-order valence-electron chi connectivity index (χ1n) is 9.25. The lowest BCUT2D eigenvalue weighted by Crippen LogP contribution is -2.09. The van der Waals surface area contributed by atoms with Crippen molar-refractivity contribution >= 4 is 29.4 Å². The van der Waals surface area contributed by atoms with Crippen LogP contribution in [0.3, 0.4) is 0 Å². The summed E-state index contributed by atoms with van der Waals surface area (Å²) in [6, 6.07) is 9.36. The van der Waals surface area contributed by atoms with E-state index in [1.165, 1.54) is 6.08 Å². The van der Waals surface area contributed by atoms with Crippen LogP contribution in [0.2, 0.25) is 0 Å². The fourth-order valence-electron chi connectivity index (χ4n) is 2.73. The standard InChI is InChI=1S/C23H27NO5S/c1-6-7-23(25)24-19-12-16(8-9-20(19)27-3)15-30-11-10-18-21(28-4)13-17(26-2)14-22(18)29-5/h6-14H,15H2,1-5H3,(H,24,25)/b7-6-,11-10+. The Morgan fingerprint density at radius 2 is 1.63 bits per heavy atom. The van der Waals surface area contributed by atoms with Crippen LogP contribution < -0.4 is 24.3 Å². The lowest BCUT2D eigenvalue weighted by molar-refractivity contribution is -0.111. The molecule has 0 fully saturated rings. The molecule has 0 heterocycles. The average Bonchev–Trinajstić information content (AvgIpc) is 2.76. The van der Waals surface area contributed by atoms with Gasteiger partial charge in [0.15, 0.2) is 0 Å². The van der Waals surface area contributed by atoms with Gasteiger partial charge in [-0.05, 0) is 42.2 Å². The molecule has 160 valence electrons. The highest BCUT2D eigenvalue weighted by molar-refractivity contribution is 8.01. The van der Waals surface area contributed by atoms with Crippen molar-refractivity contribution in [3.8, 4) is 23.0 Å². The molecule has 0 unspecified atom stereocenters. The predicted molar refractivity (Wildman–Crippen MR) is 123 cm³/mol. The molecule has 0 bridgehead atoms. The second-order valence-corrected chi connectivity index (χ2v) is 6.98. The van der Waals surface area contributed by atoms with E-state index >= 15 is 0 Å². The van der Waals surface area contributed by atoms with Gasteiger partial charge in [-0.1, -0.05) is 12.1 Å². The third kappa shape index (κ3) is 6.22. The lowest BCUT2D eigenvalue weighted by atomic mass is 10.1. The largest absolute Gasteiger partial charge is 0.496 e. The number of anilines is 1. The van der Waals surface area contributed by atoms with Crippen molar-refractivity contribution in [3.05, 3.63) is 59.0 Å². The zero-order valence-electron chi connectivity index (χ0n) is 17.9. The Morgan fingerprint density at radius 1 is 0.967 bits per heavy atom. The van der Waals surface area contributed by atoms with Crippen LogP contribution in [-0.2, 0) is 10.5 Å². The van der Waals surface area contributed by atoms with Crippen LogP contribution in [0, 0.1) is 0 Å². The fourth-order valence-corrected chi connectivity index (χ4v) is 3.43. The topological polar surface area (TPSA) is 66.0 Å². The van der Waals surface area contributed by atoms with E-state index < -0.39 is 0 Å². The molecule has 1 amide bonds. The number of benzene rings is 2. The maximum Gasteiger partial charge on any atom is 0.248 e. The molecule has 30 heavy (non-hydrogen) atoms. The molecule has 0 aliphatic heterocycles. The molecular weight excluding hydrogens is 402 g/mol. The van der Waals surface area contributed by atoms with E-state index in [9.17, 15) is 4.79 Å². The number of amides is 1. The highest BCUT2D eigenvalue weighted by atomic mass is 32.2. The van der Waals surface area contributed by atoms with E-state index in [0.29, 0.717) is 34.4 Å². The molecule has 7 heteroatoms. The van der Waals surface area contributed by atoms with E-state index in [0.717, 1.165) is 11.1 Å². The summed E-state index contributed by atoms with van der Waals surface area (Å²) in [5.41, 5.74) is 2.53. The van der Waals surface area contributed by atoms with Crippen molar-refractivity contribution in [1.82, 2.24) is 0 Å². The first-order valence-corrected chi connectivity index (χ1v) is 10.3. The SMILES string of the molecule is C/C=C\C(=O)Nc1cc(CS/C=C/c2c(OC)cc(OC)cc2OC)ccc1OC. The van der Waals surface area contributed by atoms with Gasteiger partial charge in [0, 0.05) is 17.9 Å². The Labute approximate surface area is 181 Å². The van der Waals surface area contributed by atoms with Gasteiger partial charge in [-0.25, -0.2) is 0 Å². The molecule has 0 saturated heterocycles. The van der Waals surface area contributed by atoms with E-state index in [4.69, 9.17) is 18.9 Å². The smallest absolute Gasteiger partial charge is 0.248 e. The number of thioether (sulfide) groups is 1. The minimum Gasteiger partial charge on any atom is -0.496 e. The Hall–Kier alpha value is -3.06. The van der Waals surface area contributed by atoms with Crippen LogP contribution in [0.5, 0.6) is 23.0 Å². The van der Waals surface area contributed by atoms with Crippen LogP contribution in [-0.4, -0.2) is 34.3 Å². The monoisotopic (exact) mass is 429 g/mol. The van der Waals surface area contributed by atoms with Gasteiger partial charge in [-0.3, -0.25) is 4.79 Å². The molecule has 0 aromatic heterocycles. The molecule has 0 aliphatic rings. The molecule has 2 rings (SSSR count). The van der Waals surface area contributed by atoms with Gasteiger partial charge in [-0.15, -0.1) is 11.8 Å². The minimum absolute atomic E-state index is 0.195. The van der Waals surface area contributed by atoms with Crippen molar-refractivity contribution in [3.63, 3.8) is 0 Å². The highest BCUT2D eigenvalue weighted by Crippen LogP contribution is 2.36. The zero-order chi connectivity index (χ0) is 21.9. The fraction of sp³-hybridized carbons (Fsp3) is 0.261. The van der Waals surface area contributed by atoms with Crippen molar-refractivity contribution in [1.29, 1.82) is 0 Å². The molecule has 0 spiro atoms. The number of carbonyl (C=O) groups excluding carboxylic acids is 1. The van der Waals surface area contributed by atoms with Crippen LogP contribution in [0.15, 0.2) is 47.9 Å². The number of nitrogens with one attached hydrogen (secondary N) is 1. The number of rotatable bonds is 10. The molecular formula is C23H27NO5S. The van der Waals surface area contributed by atoms with Gasteiger partial charge in [0.05, 0.1) is 39.7 Å². The zero-order valence-corrected chi connectivity index (χ0v) is 18.7. The quantitative estimate of drug-likeness (QED) is 0.528. The number of hydrogen-bond donors (Lipinski definition) is 1. The van der Waals surface area contributed by atoms with Crippen molar-refractivity contribution in [2.24, 2.45) is 0 Å². The van der Waals surface area contributed by atoms with Gasteiger partial charge >= 0.3 is 0 Å². The van der Waals surface area contributed by atoms with Crippen molar-refractivity contribution < 1.29 is 23.7 Å². The molecule has 1 N–H and O–H groups in total. The average molecular weight is 430 g/mol. The number of allylic oxidation sites excluding steroid dienone is 1. The minimum atomic E-state index is -0.195. The van der Waals surface area contributed by atoms with Crippen molar-refractivity contribution in [2.75, 3.05) is 33.8 Å². The van der Waals surface area contributed by atoms with Crippen LogP contribution in [0.25, 0.3) is 6.08 Å². The second-order valence-electron chi connectivity index (χ2n) is 6.08. The maximum absolute atomic E-state index is 11.9. The summed E-state index contributed by atoms with van der Waals surface area (Å²) < 4.78 is 21.5. The summed E-state index contributed by atoms with van der Waals surface area (Å²) in [4.78, 5) is 11.9. The van der Waals surface area contributed by atoms with E-state index in [1.807, 2.05) is 41.8 Å². The van der Waals surface area contributed by atoms with Gasteiger partial charge in [0.25, 0.3) is 0 Å². The molecule has 6 nitrogen and oxygen atoms in total. The Morgan fingerprint density at radius 3 is 2.20 bits per heavy atom. The van der Waals surface area contributed by atoms with Gasteiger partial charge in [-0.2, -0.15) is 0 Å². The summed E-state index contributed by atoms with van der Waals surface area (Å²) in [6.07, 6.45) is 5.10. The summed E-state index contributed by atoms with van der Waals surface area (Å²) in [7, 11) is 6.40. The molecule has 0 aliphatic carbocycles. The summed E-state index contributed by atoms with van der Waals surface area (Å²) in [5, 5.41) is 4.82. The van der Waals surface area contributed by atoms with Gasteiger partial charge < -0.3 is 24.3 Å². The van der Waals surface area contributed by atoms with E-state index in [2.05, 4.69) is 5.32 Å². The molecule has 2 aromatic carbocycles. The summed E-state index contributed by atoms with van der Waals surface area (Å²) in [6.45, 7) is 1.79. The first-order chi connectivity index (χ1) is 14.6. The summed E-state index contributed by atoms with van der Waals surface area (Å²) in [5.74, 6) is 3.14. The number of ether oxygens (including phenoxy) is 4. The Kier molecular flexibility index (Phi) is 9.15. The predicted octanol–water partition coefficient (Wildman–Crippen LogP) is 5.14. The molecule has 0 radical (unpaired) electrons. The van der Waals surface area contributed by atoms with Crippen LogP contribution in [0.1, 0.15) is 18.1 Å². The van der Waals surface area contributed by atoms with Crippen LogP contribution >= 0.6 is 11.8 Å². The van der Waals surface area contributed by atoms with Crippen molar-refractivity contribution in [2.45, 2.75) is 12.7 Å². The number of carbonyl (C=O) groups is 1. The third-order valence-electron chi connectivity index (χ3n) is 4.17. The highest BCUT2D eigenvalue weighted by Gasteiger charge is 2.11. The Balaban J connectivity index is 2.13. The molecule has 0 saturated carbocycles. The normalized spacial score (nSPS) is 11.0.